The molecule has 1 aromatic rings. The van der Waals surface area contributed by atoms with Crippen molar-refractivity contribution in [1.29, 1.82) is 0 Å². The third kappa shape index (κ3) is 3.57. The van der Waals surface area contributed by atoms with Crippen LogP contribution in [0.15, 0.2) is 30.3 Å². The molecular formula is C15H22N3O2+. The number of benzene rings is 1. The maximum Gasteiger partial charge on any atom is 0.282 e. The van der Waals surface area contributed by atoms with Gasteiger partial charge in [0.2, 0.25) is 0 Å². The van der Waals surface area contributed by atoms with Gasteiger partial charge in [-0.1, -0.05) is 18.2 Å². The molecule has 1 heterocycles. The van der Waals surface area contributed by atoms with Crippen LogP contribution in [0.2, 0.25) is 0 Å². The summed E-state index contributed by atoms with van der Waals surface area (Å²) in [5.74, 6) is 0.0887. The number of nitrogens with zero attached hydrogens (tertiary/aromatic N) is 1. The Morgan fingerprint density at radius 2 is 2.05 bits per heavy atom. The van der Waals surface area contributed by atoms with Crippen LogP contribution in [0.1, 0.15) is 13.8 Å². The first-order valence-corrected chi connectivity index (χ1v) is 7.05. The summed E-state index contributed by atoms with van der Waals surface area (Å²) in [5, 5.41) is 2.78. The summed E-state index contributed by atoms with van der Waals surface area (Å²) in [6, 6.07) is 9.78. The number of rotatable bonds is 4. The molecule has 5 heteroatoms. The third-order valence-electron chi connectivity index (χ3n) is 3.43. The number of quaternary nitrogens is 1. The van der Waals surface area contributed by atoms with Gasteiger partial charge in [-0.05, 0) is 26.0 Å². The van der Waals surface area contributed by atoms with E-state index < -0.39 is 0 Å². The molecule has 0 saturated carbocycles. The van der Waals surface area contributed by atoms with E-state index in [4.69, 9.17) is 0 Å². The van der Waals surface area contributed by atoms with E-state index in [0.29, 0.717) is 19.6 Å². The molecule has 0 aliphatic carbocycles. The van der Waals surface area contributed by atoms with E-state index in [1.54, 1.807) is 4.90 Å². The number of para-hydroxylation sites is 1. The van der Waals surface area contributed by atoms with Crippen molar-refractivity contribution < 1.29 is 14.5 Å². The summed E-state index contributed by atoms with van der Waals surface area (Å²) < 4.78 is 0. The van der Waals surface area contributed by atoms with Gasteiger partial charge in [0.1, 0.15) is 0 Å². The molecule has 0 radical (unpaired) electrons. The lowest BCUT2D eigenvalue weighted by Gasteiger charge is -2.29. The molecule has 1 saturated heterocycles. The second-order valence-electron chi connectivity index (χ2n) is 5.40. The van der Waals surface area contributed by atoms with Gasteiger partial charge in [0.15, 0.2) is 13.1 Å². The van der Waals surface area contributed by atoms with Gasteiger partial charge in [-0.2, -0.15) is 0 Å². The van der Waals surface area contributed by atoms with E-state index >= 15 is 0 Å². The van der Waals surface area contributed by atoms with Gasteiger partial charge in [0.05, 0.1) is 13.1 Å². The van der Waals surface area contributed by atoms with E-state index in [1.807, 2.05) is 44.2 Å². The van der Waals surface area contributed by atoms with Crippen LogP contribution in [-0.4, -0.2) is 44.0 Å². The van der Waals surface area contributed by atoms with Crippen LogP contribution in [-0.2, 0) is 9.59 Å². The molecule has 2 amide bonds. The highest BCUT2D eigenvalue weighted by atomic mass is 16.2. The minimum Gasteiger partial charge on any atom is -0.346 e. The number of piperazine rings is 1. The van der Waals surface area contributed by atoms with Crippen molar-refractivity contribution in [2.75, 3.05) is 31.1 Å². The van der Waals surface area contributed by atoms with E-state index in [0.717, 1.165) is 17.1 Å². The molecule has 2 rings (SSSR count). The zero-order valence-corrected chi connectivity index (χ0v) is 12.1. The number of hydrogen-bond acceptors (Lipinski definition) is 2. The number of nitrogens with one attached hydrogen (secondary N) is 2. The Morgan fingerprint density at radius 3 is 2.65 bits per heavy atom. The standard InChI is InChI=1S/C15H21N3O2/c1-12(2)18(13-6-4-3-5-7-13)15(20)11-17-9-8-16-14(19)10-17/h3-7,12H,8-11H2,1-2H3,(H,16,19)/p+1. The van der Waals surface area contributed by atoms with Crippen molar-refractivity contribution in [2.45, 2.75) is 19.9 Å². The Labute approximate surface area is 119 Å². The van der Waals surface area contributed by atoms with Gasteiger partial charge in [-0.3, -0.25) is 9.59 Å². The molecule has 1 fully saturated rings. The first-order chi connectivity index (χ1) is 9.58. The summed E-state index contributed by atoms with van der Waals surface area (Å²) in [6.45, 7) is 6.20. The number of anilines is 1. The molecule has 2 N–H and O–H groups in total. The van der Waals surface area contributed by atoms with Crippen molar-refractivity contribution >= 4 is 17.5 Å². The Morgan fingerprint density at radius 1 is 1.35 bits per heavy atom. The Hall–Kier alpha value is -1.88. The van der Waals surface area contributed by atoms with E-state index in [2.05, 4.69) is 5.32 Å². The van der Waals surface area contributed by atoms with Crippen molar-refractivity contribution in [3.05, 3.63) is 30.3 Å². The second kappa shape index (κ2) is 6.52. The Bertz CT molecular complexity index is 473. The zero-order valence-electron chi connectivity index (χ0n) is 12.1. The van der Waals surface area contributed by atoms with Gasteiger partial charge in [0.25, 0.3) is 11.8 Å². The molecule has 0 spiro atoms. The SMILES string of the molecule is CC(C)N(C(=O)C[NH+]1CCNC(=O)C1)c1ccccc1. The lowest BCUT2D eigenvalue weighted by Crippen LogP contribution is -3.16. The number of carbonyl (C=O) groups excluding carboxylic acids is 2. The second-order valence-corrected chi connectivity index (χ2v) is 5.40. The van der Waals surface area contributed by atoms with Gasteiger partial charge in [-0.15, -0.1) is 0 Å². The van der Waals surface area contributed by atoms with Crippen LogP contribution < -0.4 is 15.1 Å². The van der Waals surface area contributed by atoms with E-state index in [-0.39, 0.29) is 17.9 Å². The normalized spacial score (nSPS) is 18.8. The van der Waals surface area contributed by atoms with Crippen molar-refractivity contribution in [3.8, 4) is 0 Å². The van der Waals surface area contributed by atoms with E-state index in [9.17, 15) is 9.59 Å². The molecular weight excluding hydrogens is 254 g/mol. The fourth-order valence-electron chi connectivity index (χ4n) is 2.53. The summed E-state index contributed by atoms with van der Waals surface area (Å²) in [5.41, 5.74) is 0.911. The van der Waals surface area contributed by atoms with Crippen LogP contribution >= 0.6 is 0 Å². The lowest BCUT2D eigenvalue weighted by atomic mass is 10.2. The lowest BCUT2D eigenvalue weighted by molar-refractivity contribution is -0.885. The quantitative estimate of drug-likeness (QED) is 0.775. The maximum absolute atomic E-state index is 12.5. The molecule has 1 aromatic carbocycles. The minimum absolute atomic E-state index is 0.0230. The topological polar surface area (TPSA) is 53.9 Å². The summed E-state index contributed by atoms with van der Waals surface area (Å²) >= 11 is 0. The largest absolute Gasteiger partial charge is 0.346 e. The average molecular weight is 276 g/mol. The molecule has 1 atom stereocenters. The number of carbonyl (C=O) groups is 2. The first kappa shape index (κ1) is 14.5. The smallest absolute Gasteiger partial charge is 0.282 e. The highest BCUT2D eigenvalue weighted by Crippen LogP contribution is 2.16. The fraction of sp³-hybridized carbons (Fsp3) is 0.467. The van der Waals surface area contributed by atoms with Crippen molar-refractivity contribution in [3.63, 3.8) is 0 Å². The van der Waals surface area contributed by atoms with Gasteiger partial charge in [-0.25, -0.2) is 0 Å². The van der Waals surface area contributed by atoms with Crippen LogP contribution in [0.3, 0.4) is 0 Å². The zero-order chi connectivity index (χ0) is 14.5. The highest BCUT2D eigenvalue weighted by Gasteiger charge is 2.26. The number of hydrogen-bond donors (Lipinski definition) is 2. The monoisotopic (exact) mass is 276 g/mol. The highest BCUT2D eigenvalue weighted by molar-refractivity contribution is 5.94. The maximum atomic E-state index is 12.5. The van der Waals surface area contributed by atoms with Gasteiger partial charge in [0, 0.05) is 11.7 Å². The third-order valence-corrected chi connectivity index (χ3v) is 3.43. The van der Waals surface area contributed by atoms with Crippen LogP contribution in [0.5, 0.6) is 0 Å². The molecule has 1 aliphatic rings. The fourth-order valence-corrected chi connectivity index (χ4v) is 2.53. The molecule has 108 valence electrons. The molecule has 5 nitrogen and oxygen atoms in total. The van der Waals surface area contributed by atoms with Crippen molar-refractivity contribution in [1.82, 2.24) is 5.32 Å². The predicted octanol–water partition coefficient (Wildman–Crippen LogP) is -0.557. The minimum atomic E-state index is 0.0230. The number of amides is 2. The van der Waals surface area contributed by atoms with E-state index in [1.165, 1.54) is 0 Å². The van der Waals surface area contributed by atoms with Gasteiger partial charge < -0.3 is 15.1 Å². The van der Waals surface area contributed by atoms with Crippen LogP contribution in [0, 0.1) is 0 Å². The van der Waals surface area contributed by atoms with Crippen molar-refractivity contribution in [2.24, 2.45) is 0 Å². The molecule has 1 unspecified atom stereocenters. The Balaban J connectivity index is 2.06. The summed E-state index contributed by atoms with van der Waals surface area (Å²) in [4.78, 5) is 26.7. The molecule has 20 heavy (non-hydrogen) atoms. The van der Waals surface area contributed by atoms with Crippen LogP contribution in [0.25, 0.3) is 0 Å². The predicted molar refractivity (Wildman–Crippen MR) is 77.6 cm³/mol. The average Bonchev–Trinajstić information content (AvgIpc) is 2.39. The summed E-state index contributed by atoms with van der Waals surface area (Å²) in [7, 11) is 0. The molecule has 0 aromatic heterocycles. The molecule has 1 aliphatic heterocycles. The first-order valence-electron chi connectivity index (χ1n) is 7.05. The van der Waals surface area contributed by atoms with Gasteiger partial charge >= 0.3 is 0 Å². The molecule has 0 bridgehead atoms. The summed E-state index contributed by atoms with van der Waals surface area (Å²) in [6.07, 6.45) is 0. The van der Waals surface area contributed by atoms with Crippen LogP contribution in [0.4, 0.5) is 5.69 Å². The Kier molecular flexibility index (Phi) is 4.74.